The van der Waals surface area contributed by atoms with E-state index >= 15 is 0 Å². The van der Waals surface area contributed by atoms with Crippen molar-refractivity contribution in [2.24, 2.45) is 0 Å². The Morgan fingerprint density at radius 1 is 1.12 bits per heavy atom. The summed E-state index contributed by atoms with van der Waals surface area (Å²) < 4.78 is 0. The highest BCUT2D eigenvalue weighted by Crippen LogP contribution is 2.33. The van der Waals surface area contributed by atoms with Crippen molar-refractivity contribution in [1.82, 2.24) is 0 Å². The molecule has 3 rings (SSSR count). The van der Waals surface area contributed by atoms with Crippen LogP contribution in [0.25, 0.3) is 11.6 Å². The molecule has 0 fully saturated rings. The van der Waals surface area contributed by atoms with E-state index in [1.807, 2.05) is 11.3 Å². The predicted molar refractivity (Wildman–Crippen MR) is 76.3 cm³/mol. The van der Waals surface area contributed by atoms with Gasteiger partial charge in [-0.15, -0.1) is 11.3 Å². The Hall–Kier alpha value is -1.34. The molecular weight excluding hydrogens is 224 g/mol. The second-order valence-corrected chi connectivity index (χ2v) is 5.60. The number of fused-ring (bicyclic) bond motifs is 1. The monoisotopic (exact) mass is 240 g/mol. The molecule has 0 amide bonds. The molecule has 0 aliphatic heterocycles. The van der Waals surface area contributed by atoms with Gasteiger partial charge in [-0.2, -0.15) is 0 Å². The molecule has 0 bridgehead atoms. The van der Waals surface area contributed by atoms with Gasteiger partial charge in [-0.05, 0) is 66.0 Å². The number of allylic oxidation sites excluding steroid dienone is 1. The van der Waals surface area contributed by atoms with Crippen molar-refractivity contribution in [3.8, 4) is 0 Å². The smallest absolute Gasteiger partial charge is 0.0302 e. The Morgan fingerprint density at radius 3 is 2.82 bits per heavy atom. The summed E-state index contributed by atoms with van der Waals surface area (Å²) in [6, 6.07) is 11.0. The Kier molecular flexibility index (Phi) is 2.86. The van der Waals surface area contributed by atoms with Crippen molar-refractivity contribution in [2.45, 2.75) is 26.2 Å². The zero-order chi connectivity index (χ0) is 11.7. The van der Waals surface area contributed by atoms with Crippen molar-refractivity contribution in [2.75, 3.05) is 0 Å². The van der Waals surface area contributed by atoms with Gasteiger partial charge in [-0.3, -0.25) is 0 Å². The summed E-state index contributed by atoms with van der Waals surface area (Å²) in [7, 11) is 0. The van der Waals surface area contributed by atoms with E-state index in [4.69, 9.17) is 0 Å². The molecule has 0 atom stereocenters. The minimum atomic E-state index is 1.22. The first-order valence-electron chi connectivity index (χ1n) is 6.17. The van der Waals surface area contributed by atoms with Crippen molar-refractivity contribution in [3.63, 3.8) is 0 Å². The molecule has 0 saturated carbocycles. The summed E-state index contributed by atoms with van der Waals surface area (Å²) in [4.78, 5) is 1.41. The number of aryl methyl sites for hydroxylation is 2. The fraction of sp³-hybridized carbons (Fsp3) is 0.250. The molecule has 0 nitrogen and oxygen atoms in total. The molecule has 17 heavy (non-hydrogen) atoms. The molecule has 1 heteroatoms. The Balaban J connectivity index is 2.06. The third-order valence-electron chi connectivity index (χ3n) is 3.46. The van der Waals surface area contributed by atoms with Crippen LogP contribution in [0, 0.1) is 6.92 Å². The Bertz CT molecular complexity index is 560. The van der Waals surface area contributed by atoms with Crippen LogP contribution in [0.3, 0.4) is 0 Å². The van der Waals surface area contributed by atoms with Crippen molar-refractivity contribution < 1.29 is 0 Å². The largest absolute Gasteiger partial charge is 0.144 e. The molecule has 1 aromatic heterocycles. The molecule has 0 N–H and O–H groups in total. The molecule has 1 aliphatic rings. The van der Waals surface area contributed by atoms with Gasteiger partial charge in [-0.1, -0.05) is 24.3 Å². The van der Waals surface area contributed by atoms with Gasteiger partial charge in [0, 0.05) is 4.88 Å². The number of hydrogen-bond donors (Lipinski definition) is 0. The van der Waals surface area contributed by atoms with E-state index in [9.17, 15) is 0 Å². The average molecular weight is 240 g/mol. The summed E-state index contributed by atoms with van der Waals surface area (Å²) in [5, 5.41) is 2.18. The standard InChI is InChI=1S/C16H16S/c1-12-9-10-17-16(12)11-14-7-4-6-13-5-2-3-8-15(13)14/h2-3,5,8-11H,4,6-7H2,1H3/b14-11-. The lowest BCUT2D eigenvalue weighted by Crippen LogP contribution is -2.00. The number of rotatable bonds is 1. The van der Waals surface area contributed by atoms with Gasteiger partial charge in [0.1, 0.15) is 0 Å². The quantitative estimate of drug-likeness (QED) is 0.662. The van der Waals surface area contributed by atoms with Gasteiger partial charge >= 0.3 is 0 Å². The summed E-state index contributed by atoms with van der Waals surface area (Å²) >= 11 is 1.84. The summed E-state index contributed by atoms with van der Waals surface area (Å²) in [6.45, 7) is 2.19. The maximum Gasteiger partial charge on any atom is 0.0302 e. The predicted octanol–water partition coefficient (Wildman–Crippen LogP) is 4.93. The van der Waals surface area contributed by atoms with E-state index in [1.165, 1.54) is 46.4 Å². The first kappa shape index (κ1) is 10.8. The van der Waals surface area contributed by atoms with Crippen molar-refractivity contribution >= 4 is 23.0 Å². The number of benzene rings is 1. The van der Waals surface area contributed by atoms with Crippen LogP contribution in [0.1, 0.15) is 34.4 Å². The van der Waals surface area contributed by atoms with E-state index in [0.717, 1.165) is 0 Å². The zero-order valence-electron chi connectivity index (χ0n) is 10.1. The topological polar surface area (TPSA) is 0 Å². The van der Waals surface area contributed by atoms with E-state index in [-0.39, 0.29) is 0 Å². The van der Waals surface area contributed by atoms with Crippen LogP contribution in [-0.2, 0) is 6.42 Å². The normalized spacial score (nSPS) is 17.1. The molecule has 2 aromatic rings. The molecule has 1 aliphatic carbocycles. The third kappa shape index (κ3) is 2.07. The molecule has 0 radical (unpaired) electrons. The number of hydrogen-bond acceptors (Lipinski definition) is 1. The van der Waals surface area contributed by atoms with Crippen LogP contribution < -0.4 is 0 Å². The molecular formula is C16H16S. The molecule has 1 heterocycles. The molecule has 0 spiro atoms. The van der Waals surface area contributed by atoms with Crippen LogP contribution in [0.5, 0.6) is 0 Å². The van der Waals surface area contributed by atoms with Gasteiger partial charge in [0.2, 0.25) is 0 Å². The van der Waals surface area contributed by atoms with Crippen LogP contribution in [0.2, 0.25) is 0 Å². The average Bonchev–Trinajstić information content (AvgIpc) is 2.76. The van der Waals surface area contributed by atoms with Crippen LogP contribution >= 0.6 is 11.3 Å². The van der Waals surface area contributed by atoms with E-state index in [0.29, 0.717) is 0 Å². The summed E-state index contributed by atoms with van der Waals surface area (Å²) in [6.07, 6.45) is 6.12. The highest BCUT2D eigenvalue weighted by atomic mass is 32.1. The van der Waals surface area contributed by atoms with E-state index < -0.39 is 0 Å². The molecule has 0 unspecified atom stereocenters. The van der Waals surface area contributed by atoms with Crippen LogP contribution in [-0.4, -0.2) is 0 Å². The highest BCUT2D eigenvalue weighted by molar-refractivity contribution is 7.11. The van der Waals surface area contributed by atoms with Crippen LogP contribution in [0.15, 0.2) is 35.7 Å². The lowest BCUT2D eigenvalue weighted by molar-refractivity contribution is 0.824. The van der Waals surface area contributed by atoms with E-state index in [1.54, 1.807) is 0 Å². The van der Waals surface area contributed by atoms with Crippen molar-refractivity contribution in [1.29, 1.82) is 0 Å². The first-order chi connectivity index (χ1) is 8.34. The molecule has 86 valence electrons. The second-order valence-electron chi connectivity index (χ2n) is 4.65. The van der Waals surface area contributed by atoms with Gasteiger partial charge in [0.15, 0.2) is 0 Å². The molecule has 0 saturated heterocycles. The van der Waals surface area contributed by atoms with Gasteiger partial charge < -0.3 is 0 Å². The number of thiophene rings is 1. The lowest BCUT2D eigenvalue weighted by atomic mass is 9.87. The summed E-state index contributed by atoms with van der Waals surface area (Å²) in [5.41, 5.74) is 5.88. The van der Waals surface area contributed by atoms with Gasteiger partial charge in [-0.25, -0.2) is 0 Å². The Labute approximate surface area is 107 Å². The maximum absolute atomic E-state index is 2.39. The van der Waals surface area contributed by atoms with E-state index in [2.05, 4.69) is 48.7 Å². The van der Waals surface area contributed by atoms with Crippen LogP contribution in [0.4, 0.5) is 0 Å². The SMILES string of the molecule is Cc1ccsc1/C=C1/CCCc2ccccc21. The van der Waals surface area contributed by atoms with Crippen molar-refractivity contribution in [3.05, 3.63) is 57.3 Å². The lowest BCUT2D eigenvalue weighted by Gasteiger charge is -2.18. The molecule has 1 aromatic carbocycles. The first-order valence-corrected chi connectivity index (χ1v) is 7.05. The maximum atomic E-state index is 2.39. The summed E-state index contributed by atoms with van der Waals surface area (Å²) in [5.74, 6) is 0. The van der Waals surface area contributed by atoms with Gasteiger partial charge in [0.05, 0.1) is 0 Å². The highest BCUT2D eigenvalue weighted by Gasteiger charge is 2.13. The fourth-order valence-corrected chi connectivity index (χ4v) is 3.38. The Morgan fingerprint density at radius 2 is 2.00 bits per heavy atom. The second kappa shape index (κ2) is 4.50. The zero-order valence-corrected chi connectivity index (χ0v) is 10.9. The minimum absolute atomic E-state index is 1.22. The van der Waals surface area contributed by atoms with Gasteiger partial charge in [0.25, 0.3) is 0 Å². The fourth-order valence-electron chi connectivity index (χ4n) is 2.50. The third-order valence-corrected chi connectivity index (χ3v) is 4.43. The minimum Gasteiger partial charge on any atom is -0.144 e.